The molecule has 3 N–H and O–H groups in total. The summed E-state index contributed by atoms with van der Waals surface area (Å²) in [5.41, 5.74) is 9.74. The average Bonchev–Trinajstić information content (AvgIpc) is 3.14. The van der Waals surface area contributed by atoms with E-state index in [1.807, 2.05) is 24.3 Å². The third-order valence-electron chi connectivity index (χ3n) is 5.37. The lowest BCUT2D eigenvalue weighted by Gasteiger charge is -2.29. The standard InChI is InChI=1S/C22H21N7O2/c23-20-19(17-6-1-2-9-24-17)21-25-11-14(12-29(21)27-20)16-7-3-8-18(26-16)22(31)28-10-4-5-15(30)13-28/h1-3,6-9,11-12,15,30H,4-5,10,13H2,(H2,23,27). The Morgan fingerprint density at radius 2 is 2.00 bits per heavy atom. The number of nitrogen functional groups attached to an aromatic ring is 1. The normalized spacial score (nSPS) is 16.5. The van der Waals surface area contributed by atoms with Gasteiger partial charge in [-0.2, -0.15) is 0 Å². The number of carbonyl (C=O) groups excluding carboxylic acids is 1. The Morgan fingerprint density at radius 1 is 1.13 bits per heavy atom. The van der Waals surface area contributed by atoms with E-state index >= 15 is 0 Å². The van der Waals surface area contributed by atoms with E-state index in [0.29, 0.717) is 52.8 Å². The quantitative estimate of drug-likeness (QED) is 0.525. The number of rotatable bonds is 3. The zero-order valence-corrected chi connectivity index (χ0v) is 16.7. The van der Waals surface area contributed by atoms with E-state index in [4.69, 9.17) is 5.73 Å². The summed E-state index contributed by atoms with van der Waals surface area (Å²) in [6.45, 7) is 0.958. The second-order valence-electron chi connectivity index (χ2n) is 7.54. The van der Waals surface area contributed by atoms with Crippen molar-refractivity contribution in [1.29, 1.82) is 0 Å². The first-order chi connectivity index (χ1) is 15.1. The number of pyridine rings is 2. The van der Waals surface area contributed by atoms with E-state index in [-0.39, 0.29) is 5.91 Å². The third-order valence-corrected chi connectivity index (χ3v) is 5.37. The highest BCUT2D eigenvalue weighted by Gasteiger charge is 2.24. The van der Waals surface area contributed by atoms with Crippen molar-refractivity contribution in [2.24, 2.45) is 0 Å². The molecule has 0 aromatic carbocycles. The number of amides is 1. The molecule has 9 heteroatoms. The smallest absolute Gasteiger partial charge is 0.272 e. The number of aliphatic hydroxyl groups is 1. The van der Waals surface area contributed by atoms with Crippen molar-refractivity contribution < 1.29 is 9.90 Å². The molecule has 1 fully saturated rings. The molecule has 4 aromatic rings. The number of anilines is 1. The van der Waals surface area contributed by atoms with Crippen molar-refractivity contribution in [3.63, 3.8) is 0 Å². The summed E-state index contributed by atoms with van der Waals surface area (Å²) in [5, 5.41) is 14.2. The number of nitrogens with two attached hydrogens (primary N) is 1. The van der Waals surface area contributed by atoms with Gasteiger partial charge in [-0.3, -0.25) is 9.78 Å². The maximum atomic E-state index is 12.8. The Kier molecular flexibility index (Phi) is 4.79. The number of hydrogen-bond acceptors (Lipinski definition) is 7. The molecule has 31 heavy (non-hydrogen) atoms. The van der Waals surface area contributed by atoms with Crippen molar-refractivity contribution in [2.75, 3.05) is 18.8 Å². The number of piperidine rings is 1. The molecule has 1 atom stereocenters. The molecule has 0 radical (unpaired) electrons. The Morgan fingerprint density at radius 3 is 2.81 bits per heavy atom. The van der Waals surface area contributed by atoms with Crippen molar-refractivity contribution in [3.8, 4) is 22.5 Å². The van der Waals surface area contributed by atoms with E-state index in [2.05, 4.69) is 20.1 Å². The van der Waals surface area contributed by atoms with Crippen LogP contribution in [0.5, 0.6) is 0 Å². The molecule has 1 amide bonds. The van der Waals surface area contributed by atoms with Crippen LogP contribution >= 0.6 is 0 Å². The van der Waals surface area contributed by atoms with E-state index in [1.165, 1.54) is 0 Å². The summed E-state index contributed by atoms with van der Waals surface area (Å²) < 4.78 is 1.60. The highest BCUT2D eigenvalue weighted by atomic mass is 16.3. The molecule has 1 aliphatic rings. The topological polar surface area (TPSA) is 123 Å². The van der Waals surface area contributed by atoms with Crippen LogP contribution in [-0.2, 0) is 0 Å². The Bertz CT molecular complexity index is 1260. The van der Waals surface area contributed by atoms with Gasteiger partial charge in [-0.15, -0.1) is 5.10 Å². The molecule has 9 nitrogen and oxygen atoms in total. The first kappa shape index (κ1) is 19.1. The fourth-order valence-corrected chi connectivity index (χ4v) is 3.86. The monoisotopic (exact) mass is 415 g/mol. The van der Waals surface area contributed by atoms with Crippen LogP contribution in [0, 0.1) is 0 Å². The number of aliphatic hydroxyl groups excluding tert-OH is 1. The molecule has 5 rings (SSSR count). The maximum absolute atomic E-state index is 12.8. The molecule has 0 bridgehead atoms. The summed E-state index contributed by atoms with van der Waals surface area (Å²) in [5.74, 6) is 0.152. The van der Waals surface area contributed by atoms with Crippen LogP contribution in [0.1, 0.15) is 23.3 Å². The fourth-order valence-electron chi connectivity index (χ4n) is 3.86. The molecule has 0 saturated carbocycles. The predicted octanol–water partition coefficient (Wildman–Crippen LogP) is 2.03. The molecule has 0 aliphatic carbocycles. The van der Waals surface area contributed by atoms with Gasteiger partial charge in [0.05, 0.1) is 23.1 Å². The first-order valence-corrected chi connectivity index (χ1v) is 10.1. The molecule has 156 valence electrons. The number of aromatic nitrogens is 5. The van der Waals surface area contributed by atoms with Gasteiger partial charge in [-0.1, -0.05) is 12.1 Å². The van der Waals surface area contributed by atoms with Crippen molar-refractivity contribution >= 4 is 17.4 Å². The molecule has 1 saturated heterocycles. The summed E-state index contributed by atoms with van der Waals surface area (Å²) in [4.78, 5) is 27.9. The highest BCUT2D eigenvalue weighted by Crippen LogP contribution is 2.28. The zero-order chi connectivity index (χ0) is 21.4. The average molecular weight is 415 g/mol. The van der Waals surface area contributed by atoms with Crippen LogP contribution in [-0.4, -0.2) is 59.7 Å². The Labute approximate surface area is 178 Å². The first-order valence-electron chi connectivity index (χ1n) is 10.1. The molecular weight excluding hydrogens is 394 g/mol. The second-order valence-corrected chi connectivity index (χ2v) is 7.54. The van der Waals surface area contributed by atoms with Crippen molar-refractivity contribution in [3.05, 3.63) is 60.7 Å². The summed E-state index contributed by atoms with van der Waals surface area (Å²) >= 11 is 0. The Balaban J connectivity index is 1.49. The largest absolute Gasteiger partial charge is 0.391 e. The lowest BCUT2D eigenvalue weighted by molar-refractivity contribution is 0.0469. The van der Waals surface area contributed by atoms with Crippen LogP contribution < -0.4 is 5.73 Å². The summed E-state index contributed by atoms with van der Waals surface area (Å²) in [7, 11) is 0. The van der Waals surface area contributed by atoms with E-state index in [9.17, 15) is 9.90 Å². The Hall–Kier alpha value is -3.85. The second kappa shape index (κ2) is 7.77. The fraction of sp³-hybridized carbons (Fsp3) is 0.227. The van der Waals surface area contributed by atoms with Gasteiger partial charge >= 0.3 is 0 Å². The number of nitrogens with zero attached hydrogens (tertiary/aromatic N) is 6. The zero-order valence-electron chi connectivity index (χ0n) is 16.7. The number of fused-ring (bicyclic) bond motifs is 1. The molecule has 5 heterocycles. The highest BCUT2D eigenvalue weighted by molar-refractivity contribution is 5.93. The van der Waals surface area contributed by atoms with Crippen molar-refractivity contribution in [2.45, 2.75) is 18.9 Å². The van der Waals surface area contributed by atoms with Gasteiger partial charge in [0.2, 0.25) is 0 Å². The van der Waals surface area contributed by atoms with Gasteiger partial charge in [0, 0.05) is 37.2 Å². The van der Waals surface area contributed by atoms with Crippen LogP contribution in [0.25, 0.3) is 28.2 Å². The minimum Gasteiger partial charge on any atom is -0.391 e. The van der Waals surface area contributed by atoms with Gasteiger partial charge in [0.1, 0.15) is 5.69 Å². The lowest BCUT2D eigenvalue weighted by atomic mass is 10.1. The van der Waals surface area contributed by atoms with Gasteiger partial charge in [0.15, 0.2) is 11.5 Å². The maximum Gasteiger partial charge on any atom is 0.272 e. The van der Waals surface area contributed by atoms with Crippen LogP contribution in [0.4, 0.5) is 5.82 Å². The van der Waals surface area contributed by atoms with Gasteiger partial charge in [-0.05, 0) is 37.1 Å². The number of likely N-dealkylation sites (tertiary alicyclic amines) is 1. The van der Waals surface area contributed by atoms with Gasteiger partial charge in [-0.25, -0.2) is 14.5 Å². The lowest BCUT2D eigenvalue weighted by Crippen LogP contribution is -2.42. The molecular formula is C22H21N7O2. The van der Waals surface area contributed by atoms with E-state index in [1.54, 1.807) is 40.1 Å². The van der Waals surface area contributed by atoms with Crippen molar-refractivity contribution in [1.82, 2.24) is 29.5 Å². The minimum atomic E-state index is -0.480. The van der Waals surface area contributed by atoms with Gasteiger partial charge < -0.3 is 15.7 Å². The molecule has 4 aromatic heterocycles. The van der Waals surface area contributed by atoms with Crippen LogP contribution in [0.2, 0.25) is 0 Å². The SMILES string of the molecule is Nc1nn2cc(-c3cccc(C(=O)N4CCCC(O)C4)n3)cnc2c1-c1ccccn1. The summed E-state index contributed by atoms with van der Waals surface area (Å²) in [6, 6.07) is 10.9. The van der Waals surface area contributed by atoms with E-state index < -0.39 is 6.10 Å². The van der Waals surface area contributed by atoms with Crippen LogP contribution in [0.3, 0.4) is 0 Å². The number of β-amino-alcohol motifs (C(OH)–C–C–N with tert-alkyl or cyclic N) is 1. The summed E-state index contributed by atoms with van der Waals surface area (Å²) in [6.07, 6.45) is 6.19. The molecule has 1 aliphatic heterocycles. The minimum absolute atomic E-state index is 0.185. The molecule has 0 spiro atoms. The van der Waals surface area contributed by atoms with Crippen LogP contribution in [0.15, 0.2) is 55.0 Å². The number of carbonyl (C=O) groups is 1. The predicted molar refractivity (Wildman–Crippen MR) is 115 cm³/mol. The van der Waals surface area contributed by atoms with Gasteiger partial charge in [0.25, 0.3) is 5.91 Å². The third kappa shape index (κ3) is 3.59. The van der Waals surface area contributed by atoms with E-state index in [0.717, 1.165) is 12.8 Å². The molecule has 1 unspecified atom stereocenters. The number of hydrogen-bond donors (Lipinski definition) is 2.